The fraction of sp³-hybridized carbons (Fsp3) is 0.167. The van der Waals surface area contributed by atoms with Crippen LogP contribution in [0, 0.1) is 0 Å². The molecule has 0 aliphatic rings. The van der Waals surface area contributed by atoms with Crippen LogP contribution in [-0.4, -0.2) is 22.5 Å². The molecule has 2 rings (SSSR count). The van der Waals surface area contributed by atoms with Gasteiger partial charge in [-0.1, -0.05) is 12.1 Å². The number of imidazole rings is 1. The van der Waals surface area contributed by atoms with Crippen molar-refractivity contribution in [2.24, 2.45) is 7.05 Å². The Bertz CT molecular complexity index is 499. The van der Waals surface area contributed by atoms with E-state index >= 15 is 0 Å². The average molecular weight is 215 g/mol. The highest BCUT2D eigenvalue weighted by molar-refractivity contribution is 5.94. The van der Waals surface area contributed by atoms with E-state index in [1.807, 2.05) is 29.9 Å². The number of hydrogen-bond donors (Lipinski definition) is 1. The van der Waals surface area contributed by atoms with Crippen LogP contribution in [0.25, 0.3) is 11.3 Å². The van der Waals surface area contributed by atoms with Gasteiger partial charge in [-0.25, -0.2) is 4.98 Å². The lowest BCUT2D eigenvalue weighted by molar-refractivity contribution is 0.0963. The first kappa shape index (κ1) is 10.4. The molecule has 82 valence electrons. The molecular weight excluding hydrogens is 202 g/mol. The first-order valence-corrected chi connectivity index (χ1v) is 5.01. The minimum Gasteiger partial charge on any atom is -0.355 e. The van der Waals surface area contributed by atoms with Crippen LogP contribution in [-0.2, 0) is 7.05 Å². The first-order chi connectivity index (χ1) is 7.70. The van der Waals surface area contributed by atoms with Crippen LogP contribution >= 0.6 is 0 Å². The SMILES string of the molecule is CNC(=O)c1ccc(-c2cn(C)cn2)cc1. The predicted octanol–water partition coefficient (Wildman–Crippen LogP) is 1.45. The molecule has 0 aliphatic heterocycles. The summed E-state index contributed by atoms with van der Waals surface area (Å²) in [5.41, 5.74) is 2.57. The Hall–Kier alpha value is -2.10. The van der Waals surface area contributed by atoms with Crippen LogP contribution < -0.4 is 5.32 Å². The summed E-state index contributed by atoms with van der Waals surface area (Å²) in [6.07, 6.45) is 3.69. The highest BCUT2D eigenvalue weighted by atomic mass is 16.1. The molecule has 1 amide bonds. The van der Waals surface area contributed by atoms with E-state index in [2.05, 4.69) is 10.3 Å². The van der Waals surface area contributed by atoms with E-state index in [4.69, 9.17) is 0 Å². The zero-order chi connectivity index (χ0) is 11.5. The summed E-state index contributed by atoms with van der Waals surface area (Å²) in [7, 11) is 3.55. The highest BCUT2D eigenvalue weighted by Gasteiger charge is 2.04. The molecule has 4 nitrogen and oxygen atoms in total. The Labute approximate surface area is 93.9 Å². The van der Waals surface area contributed by atoms with Gasteiger partial charge in [0.15, 0.2) is 0 Å². The molecule has 2 aromatic rings. The number of benzene rings is 1. The van der Waals surface area contributed by atoms with E-state index in [0.717, 1.165) is 11.3 Å². The van der Waals surface area contributed by atoms with Crippen molar-refractivity contribution in [3.05, 3.63) is 42.4 Å². The predicted molar refractivity (Wildman–Crippen MR) is 62.0 cm³/mol. The van der Waals surface area contributed by atoms with Crippen molar-refractivity contribution in [2.75, 3.05) is 7.05 Å². The van der Waals surface area contributed by atoms with Crippen molar-refractivity contribution in [1.82, 2.24) is 14.9 Å². The molecule has 1 N–H and O–H groups in total. The second-order valence-corrected chi connectivity index (χ2v) is 3.58. The average Bonchev–Trinajstić information content (AvgIpc) is 2.75. The van der Waals surface area contributed by atoms with E-state index in [1.165, 1.54) is 0 Å². The van der Waals surface area contributed by atoms with E-state index in [-0.39, 0.29) is 5.91 Å². The third-order valence-electron chi connectivity index (χ3n) is 2.37. The Morgan fingerprint density at radius 2 is 2.00 bits per heavy atom. The largest absolute Gasteiger partial charge is 0.355 e. The van der Waals surface area contributed by atoms with E-state index in [1.54, 1.807) is 25.5 Å². The summed E-state index contributed by atoms with van der Waals surface area (Å²) in [5, 5.41) is 2.59. The minimum absolute atomic E-state index is 0.0763. The maximum absolute atomic E-state index is 11.3. The summed E-state index contributed by atoms with van der Waals surface area (Å²) >= 11 is 0. The topological polar surface area (TPSA) is 46.9 Å². The maximum Gasteiger partial charge on any atom is 0.251 e. The third-order valence-corrected chi connectivity index (χ3v) is 2.37. The maximum atomic E-state index is 11.3. The summed E-state index contributed by atoms with van der Waals surface area (Å²) in [6, 6.07) is 7.38. The van der Waals surface area contributed by atoms with Crippen LogP contribution in [0.4, 0.5) is 0 Å². The fourth-order valence-corrected chi connectivity index (χ4v) is 1.50. The van der Waals surface area contributed by atoms with Crippen LogP contribution in [0.2, 0.25) is 0 Å². The standard InChI is InChI=1S/C12H13N3O/c1-13-12(16)10-5-3-9(4-6-10)11-7-15(2)8-14-11/h3-8H,1-2H3,(H,13,16). The second kappa shape index (κ2) is 4.18. The second-order valence-electron chi connectivity index (χ2n) is 3.58. The number of aromatic nitrogens is 2. The molecule has 0 unspecified atom stereocenters. The zero-order valence-electron chi connectivity index (χ0n) is 9.27. The van der Waals surface area contributed by atoms with E-state index in [0.29, 0.717) is 5.56 Å². The van der Waals surface area contributed by atoms with Gasteiger partial charge in [0.1, 0.15) is 0 Å². The van der Waals surface area contributed by atoms with Crippen molar-refractivity contribution in [1.29, 1.82) is 0 Å². The molecule has 4 heteroatoms. The van der Waals surface area contributed by atoms with E-state index in [9.17, 15) is 4.79 Å². The van der Waals surface area contributed by atoms with Gasteiger partial charge in [0, 0.05) is 31.4 Å². The number of nitrogens with one attached hydrogen (secondary N) is 1. The van der Waals surface area contributed by atoms with Gasteiger partial charge in [0.05, 0.1) is 12.0 Å². The molecule has 0 atom stereocenters. The van der Waals surface area contributed by atoms with Crippen LogP contribution in [0.5, 0.6) is 0 Å². The van der Waals surface area contributed by atoms with Gasteiger partial charge in [-0.3, -0.25) is 4.79 Å². The normalized spacial score (nSPS) is 10.1. The van der Waals surface area contributed by atoms with Crippen molar-refractivity contribution in [2.45, 2.75) is 0 Å². The molecule has 0 spiro atoms. The molecule has 0 bridgehead atoms. The van der Waals surface area contributed by atoms with Crippen LogP contribution in [0.1, 0.15) is 10.4 Å². The van der Waals surface area contributed by atoms with Crippen molar-refractivity contribution in [3.8, 4) is 11.3 Å². The molecule has 1 aromatic heterocycles. The molecular formula is C12H13N3O. The fourth-order valence-electron chi connectivity index (χ4n) is 1.50. The highest BCUT2D eigenvalue weighted by Crippen LogP contribution is 2.17. The van der Waals surface area contributed by atoms with Gasteiger partial charge >= 0.3 is 0 Å². The van der Waals surface area contributed by atoms with Gasteiger partial charge in [-0.2, -0.15) is 0 Å². The van der Waals surface area contributed by atoms with Gasteiger partial charge in [-0.05, 0) is 12.1 Å². The van der Waals surface area contributed by atoms with E-state index < -0.39 is 0 Å². The monoisotopic (exact) mass is 215 g/mol. The summed E-state index contributed by atoms with van der Waals surface area (Å²) in [4.78, 5) is 15.6. The van der Waals surface area contributed by atoms with Crippen LogP contribution in [0.3, 0.4) is 0 Å². The smallest absolute Gasteiger partial charge is 0.251 e. The quantitative estimate of drug-likeness (QED) is 0.824. The Morgan fingerprint density at radius 3 is 2.50 bits per heavy atom. The first-order valence-electron chi connectivity index (χ1n) is 5.01. The molecule has 1 heterocycles. The van der Waals surface area contributed by atoms with Crippen LogP contribution in [0.15, 0.2) is 36.8 Å². The molecule has 0 fully saturated rings. The number of aryl methyl sites for hydroxylation is 1. The molecule has 0 saturated heterocycles. The van der Waals surface area contributed by atoms with Gasteiger partial charge in [0.2, 0.25) is 0 Å². The lowest BCUT2D eigenvalue weighted by Gasteiger charge is -2.00. The summed E-state index contributed by atoms with van der Waals surface area (Å²) in [6.45, 7) is 0. The Kier molecular flexibility index (Phi) is 2.72. The van der Waals surface area contributed by atoms with Crippen molar-refractivity contribution >= 4 is 5.91 Å². The summed E-state index contributed by atoms with van der Waals surface area (Å²) < 4.78 is 1.89. The molecule has 0 radical (unpaired) electrons. The molecule has 1 aromatic carbocycles. The number of carbonyl (C=O) groups is 1. The zero-order valence-corrected chi connectivity index (χ0v) is 9.27. The number of nitrogens with zero attached hydrogens (tertiary/aromatic N) is 2. The third kappa shape index (κ3) is 1.95. The molecule has 16 heavy (non-hydrogen) atoms. The molecule has 0 saturated carbocycles. The number of hydrogen-bond acceptors (Lipinski definition) is 2. The number of rotatable bonds is 2. The lowest BCUT2D eigenvalue weighted by atomic mass is 10.1. The minimum atomic E-state index is -0.0763. The van der Waals surface area contributed by atoms with Gasteiger partial charge in [-0.15, -0.1) is 0 Å². The lowest BCUT2D eigenvalue weighted by Crippen LogP contribution is -2.17. The number of carbonyl (C=O) groups excluding carboxylic acids is 1. The van der Waals surface area contributed by atoms with Crippen molar-refractivity contribution < 1.29 is 4.79 Å². The molecule has 0 aliphatic carbocycles. The Morgan fingerprint density at radius 1 is 1.31 bits per heavy atom. The number of amides is 1. The Balaban J connectivity index is 2.29. The van der Waals surface area contributed by atoms with Gasteiger partial charge < -0.3 is 9.88 Å². The summed E-state index contributed by atoms with van der Waals surface area (Å²) in [5.74, 6) is -0.0763. The van der Waals surface area contributed by atoms with Gasteiger partial charge in [0.25, 0.3) is 5.91 Å². The van der Waals surface area contributed by atoms with Crippen molar-refractivity contribution in [3.63, 3.8) is 0 Å².